The number of nitrogens with one attached hydrogen (secondary N) is 3. The van der Waals surface area contributed by atoms with Crippen LogP contribution < -0.4 is 10.6 Å². The number of imidazole rings is 1. The van der Waals surface area contributed by atoms with Gasteiger partial charge in [-0.1, -0.05) is 18.5 Å². The number of aromatic amines is 1. The topological polar surface area (TPSA) is 95.6 Å². The number of carbonyl (C=O) groups is 1. The Morgan fingerprint density at radius 2 is 2.19 bits per heavy atom. The number of aromatic nitrogens is 4. The van der Waals surface area contributed by atoms with E-state index < -0.39 is 0 Å². The van der Waals surface area contributed by atoms with E-state index in [2.05, 4.69) is 30.6 Å². The molecule has 21 heavy (non-hydrogen) atoms. The number of halogens is 1. The third-order valence-electron chi connectivity index (χ3n) is 4.19. The number of amides is 1. The minimum atomic E-state index is -0.360. The average molecular weight is 309 g/mol. The number of hydrogen-bond acceptors (Lipinski definition) is 5. The van der Waals surface area contributed by atoms with Gasteiger partial charge in [0.05, 0.1) is 11.7 Å². The first-order valence-electron chi connectivity index (χ1n) is 7.03. The van der Waals surface area contributed by atoms with E-state index in [4.69, 9.17) is 11.6 Å². The molecule has 0 spiro atoms. The van der Waals surface area contributed by atoms with Crippen LogP contribution in [-0.2, 0) is 4.79 Å². The number of piperidine rings is 1. The number of H-pyrrole nitrogens is 1. The number of nitrogens with zero attached hydrogens (tertiary/aromatic N) is 3. The van der Waals surface area contributed by atoms with E-state index in [1.807, 2.05) is 6.92 Å². The van der Waals surface area contributed by atoms with Crippen molar-refractivity contribution < 1.29 is 4.79 Å². The summed E-state index contributed by atoms with van der Waals surface area (Å²) in [5.41, 5.74) is 0.657. The molecule has 2 aromatic rings. The average Bonchev–Trinajstić information content (AvgIpc) is 2.97. The van der Waals surface area contributed by atoms with Gasteiger partial charge >= 0.3 is 0 Å². The Hall–Kier alpha value is -1.73. The molecule has 0 aliphatic carbocycles. The first-order chi connectivity index (χ1) is 10.1. The highest BCUT2D eigenvalue weighted by Gasteiger charge is 2.38. The van der Waals surface area contributed by atoms with Gasteiger partial charge in [0, 0.05) is 0 Å². The quantitative estimate of drug-likeness (QED) is 0.750. The summed E-state index contributed by atoms with van der Waals surface area (Å²) < 4.78 is 0. The van der Waals surface area contributed by atoms with Crippen molar-refractivity contribution in [3.05, 3.63) is 11.5 Å². The SMILES string of the molecule is CCC1(C(=O)Nc2nc(Cl)c3[nH]cnc3n2)CCNCC1. The molecule has 1 saturated heterocycles. The molecule has 1 amide bonds. The molecule has 1 aliphatic heterocycles. The van der Waals surface area contributed by atoms with Crippen LogP contribution in [0, 0.1) is 5.41 Å². The van der Waals surface area contributed by atoms with E-state index in [1.165, 1.54) is 6.33 Å². The van der Waals surface area contributed by atoms with Crippen molar-refractivity contribution in [2.45, 2.75) is 26.2 Å². The molecule has 0 unspecified atom stereocenters. The maximum absolute atomic E-state index is 12.6. The highest BCUT2D eigenvalue weighted by molar-refractivity contribution is 6.33. The summed E-state index contributed by atoms with van der Waals surface area (Å²) in [7, 11) is 0. The summed E-state index contributed by atoms with van der Waals surface area (Å²) in [6.45, 7) is 3.73. The lowest BCUT2D eigenvalue weighted by Gasteiger charge is -2.34. The van der Waals surface area contributed by atoms with Gasteiger partial charge in [-0.05, 0) is 32.4 Å². The molecule has 112 valence electrons. The van der Waals surface area contributed by atoms with Crippen LogP contribution in [0.1, 0.15) is 26.2 Å². The summed E-state index contributed by atoms with van der Waals surface area (Å²) >= 11 is 6.06. The maximum Gasteiger partial charge on any atom is 0.233 e. The molecular formula is C13H17ClN6O. The first-order valence-corrected chi connectivity index (χ1v) is 7.41. The van der Waals surface area contributed by atoms with Crippen LogP contribution in [0.4, 0.5) is 5.95 Å². The summed E-state index contributed by atoms with van der Waals surface area (Å²) in [6, 6.07) is 0. The molecule has 7 nitrogen and oxygen atoms in total. The Balaban J connectivity index is 1.85. The summed E-state index contributed by atoms with van der Waals surface area (Å²) in [5, 5.41) is 6.33. The van der Waals surface area contributed by atoms with Gasteiger partial charge < -0.3 is 10.3 Å². The lowest BCUT2D eigenvalue weighted by molar-refractivity contribution is -0.127. The van der Waals surface area contributed by atoms with E-state index in [9.17, 15) is 4.79 Å². The molecule has 0 atom stereocenters. The smallest absolute Gasteiger partial charge is 0.233 e. The second-order valence-corrected chi connectivity index (χ2v) is 5.64. The predicted molar refractivity (Wildman–Crippen MR) is 80.2 cm³/mol. The van der Waals surface area contributed by atoms with E-state index >= 15 is 0 Å². The molecule has 1 fully saturated rings. The Labute approximate surface area is 126 Å². The summed E-state index contributed by atoms with van der Waals surface area (Å²) in [4.78, 5) is 27.8. The van der Waals surface area contributed by atoms with Gasteiger partial charge in [-0.2, -0.15) is 9.97 Å². The van der Waals surface area contributed by atoms with Gasteiger partial charge in [0.2, 0.25) is 11.9 Å². The minimum Gasteiger partial charge on any atom is -0.341 e. The lowest BCUT2D eigenvalue weighted by Crippen LogP contribution is -2.44. The van der Waals surface area contributed by atoms with Gasteiger partial charge in [-0.25, -0.2) is 4.98 Å². The Morgan fingerprint density at radius 3 is 2.90 bits per heavy atom. The normalized spacial score (nSPS) is 17.8. The third-order valence-corrected chi connectivity index (χ3v) is 4.46. The molecule has 0 saturated carbocycles. The Bertz CT molecular complexity index is 664. The minimum absolute atomic E-state index is 0.0440. The fraction of sp³-hybridized carbons (Fsp3) is 0.538. The van der Waals surface area contributed by atoms with E-state index in [0.717, 1.165) is 32.4 Å². The second-order valence-electron chi connectivity index (χ2n) is 5.28. The molecule has 0 bridgehead atoms. The molecular weight excluding hydrogens is 292 g/mol. The number of anilines is 1. The third kappa shape index (κ3) is 2.58. The number of rotatable bonds is 3. The standard InChI is InChI=1S/C13H17ClN6O/c1-2-13(3-5-15-6-4-13)11(21)20-12-18-9(14)8-10(19-12)17-7-16-8/h7,15H,2-6H2,1H3,(H2,16,17,18,19,20,21). The Kier molecular flexibility index (Phi) is 3.77. The van der Waals surface area contributed by atoms with E-state index in [-0.39, 0.29) is 22.4 Å². The van der Waals surface area contributed by atoms with Crippen LogP contribution in [-0.4, -0.2) is 38.9 Å². The molecule has 3 N–H and O–H groups in total. The van der Waals surface area contributed by atoms with Gasteiger partial charge in [0.25, 0.3) is 0 Å². The molecule has 1 aliphatic rings. The largest absolute Gasteiger partial charge is 0.341 e. The first kappa shape index (κ1) is 14.2. The lowest BCUT2D eigenvalue weighted by atomic mass is 9.76. The zero-order chi connectivity index (χ0) is 14.9. The van der Waals surface area contributed by atoms with Crippen molar-refractivity contribution in [1.29, 1.82) is 0 Å². The highest BCUT2D eigenvalue weighted by Crippen LogP contribution is 2.33. The number of carbonyl (C=O) groups excluding carboxylic acids is 1. The van der Waals surface area contributed by atoms with Crippen LogP contribution in [0.15, 0.2) is 6.33 Å². The second kappa shape index (κ2) is 5.57. The van der Waals surface area contributed by atoms with Gasteiger partial charge in [-0.3, -0.25) is 10.1 Å². The number of fused-ring (bicyclic) bond motifs is 1. The van der Waals surface area contributed by atoms with Crippen LogP contribution in [0.25, 0.3) is 11.2 Å². The van der Waals surface area contributed by atoms with Crippen molar-refractivity contribution in [2.75, 3.05) is 18.4 Å². The predicted octanol–water partition coefficient (Wildman–Crippen LogP) is 1.72. The van der Waals surface area contributed by atoms with Crippen molar-refractivity contribution in [3.63, 3.8) is 0 Å². The fourth-order valence-electron chi connectivity index (χ4n) is 2.73. The fourth-order valence-corrected chi connectivity index (χ4v) is 2.95. The molecule has 0 aromatic carbocycles. The van der Waals surface area contributed by atoms with Crippen LogP contribution >= 0.6 is 11.6 Å². The van der Waals surface area contributed by atoms with Crippen molar-refractivity contribution in [3.8, 4) is 0 Å². The maximum atomic E-state index is 12.6. The van der Waals surface area contributed by atoms with E-state index in [0.29, 0.717) is 11.2 Å². The van der Waals surface area contributed by atoms with Crippen LogP contribution in [0.2, 0.25) is 5.15 Å². The van der Waals surface area contributed by atoms with Gasteiger partial charge in [0.1, 0.15) is 5.52 Å². The van der Waals surface area contributed by atoms with Gasteiger partial charge in [0.15, 0.2) is 10.8 Å². The van der Waals surface area contributed by atoms with E-state index in [1.54, 1.807) is 0 Å². The zero-order valence-electron chi connectivity index (χ0n) is 11.7. The molecule has 2 aromatic heterocycles. The summed E-state index contributed by atoms with van der Waals surface area (Å²) in [5.74, 6) is 0.161. The van der Waals surface area contributed by atoms with Crippen molar-refractivity contribution in [1.82, 2.24) is 25.3 Å². The van der Waals surface area contributed by atoms with Gasteiger partial charge in [-0.15, -0.1) is 0 Å². The molecule has 8 heteroatoms. The molecule has 3 rings (SSSR count). The zero-order valence-corrected chi connectivity index (χ0v) is 12.5. The Morgan fingerprint density at radius 1 is 1.43 bits per heavy atom. The molecule has 0 radical (unpaired) electrons. The number of hydrogen-bond donors (Lipinski definition) is 3. The van der Waals surface area contributed by atoms with Crippen LogP contribution in [0.5, 0.6) is 0 Å². The van der Waals surface area contributed by atoms with Crippen molar-refractivity contribution in [2.24, 2.45) is 5.41 Å². The highest BCUT2D eigenvalue weighted by atomic mass is 35.5. The van der Waals surface area contributed by atoms with Crippen molar-refractivity contribution >= 4 is 34.6 Å². The monoisotopic (exact) mass is 308 g/mol. The molecule has 3 heterocycles. The van der Waals surface area contributed by atoms with Crippen LogP contribution in [0.3, 0.4) is 0 Å². The summed E-state index contributed by atoms with van der Waals surface area (Å²) in [6.07, 6.45) is 3.91.